The smallest absolute Gasteiger partial charge is 0.308 e. The Balaban J connectivity index is 0.00000392. The number of thiazole rings is 1. The number of halogens is 1. The number of carbonyl (C=O) groups excluding carboxylic acids is 2. The number of hydrogen-bond donors (Lipinski definition) is 2. The van der Waals surface area contributed by atoms with E-state index < -0.39 is 22.8 Å². The molecule has 1 amide bonds. The molecule has 1 unspecified atom stereocenters. The highest BCUT2D eigenvalue weighted by atomic mass is 35.5. The predicted molar refractivity (Wildman–Crippen MR) is 106 cm³/mol. The van der Waals surface area contributed by atoms with Crippen LogP contribution in [-0.2, 0) is 16.1 Å². The number of amides is 1. The van der Waals surface area contributed by atoms with Gasteiger partial charge < -0.3 is 15.8 Å². The summed E-state index contributed by atoms with van der Waals surface area (Å²) in [7, 11) is 0. The summed E-state index contributed by atoms with van der Waals surface area (Å²) in [6.45, 7) is 3.59. The van der Waals surface area contributed by atoms with E-state index in [0.29, 0.717) is 5.01 Å². The van der Waals surface area contributed by atoms with Gasteiger partial charge in [-0.05, 0) is 13.8 Å². The first-order chi connectivity index (χ1) is 12.8. The average molecular weight is 429 g/mol. The molecule has 0 aliphatic rings. The fourth-order valence-electron chi connectivity index (χ4n) is 2.41. The summed E-state index contributed by atoms with van der Waals surface area (Å²) >= 11 is 1.23. The molecule has 0 fully saturated rings. The summed E-state index contributed by atoms with van der Waals surface area (Å²) < 4.78 is 5.12. The molecule has 152 valence electrons. The summed E-state index contributed by atoms with van der Waals surface area (Å²) in [4.78, 5) is 39.5. The Morgan fingerprint density at radius 2 is 2.04 bits per heavy atom. The van der Waals surface area contributed by atoms with Crippen LogP contribution in [0.4, 0.5) is 5.69 Å². The third-order valence-corrected chi connectivity index (χ3v) is 4.38. The number of nitro benzene ring substituents is 1. The van der Waals surface area contributed by atoms with E-state index in [9.17, 15) is 19.7 Å². The van der Waals surface area contributed by atoms with Crippen LogP contribution in [0.2, 0.25) is 0 Å². The van der Waals surface area contributed by atoms with Gasteiger partial charge in [0.05, 0.1) is 29.1 Å². The Morgan fingerprint density at radius 3 is 2.61 bits per heavy atom. The second kappa shape index (κ2) is 10.7. The van der Waals surface area contributed by atoms with Crippen LogP contribution in [0.1, 0.15) is 47.4 Å². The molecule has 1 heterocycles. The topological polar surface area (TPSA) is 137 Å². The zero-order chi connectivity index (χ0) is 20.0. The summed E-state index contributed by atoms with van der Waals surface area (Å²) in [5.41, 5.74) is 5.66. The van der Waals surface area contributed by atoms with Gasteiger partial charge in [0.25, 0.3) is 11.6 Å². The molecule has 28 heavy (non-hydrogen) atoms. The first kappa shape index (κ1) is 23.5. The number of benzene rings is 1. The molecule has 9 nitrogen and oxygen atoms in total. The summed E-state index contributed by atoms with van der Waals surface area (Å²) in [5, 5.41) is 16.1. The lowest BCUT2D eigenvalue weighted by Gasteiger charge is -2.19. The van der Waals surface area contributed by atoms with Crippen molar-refractivity contribution in [3.8, 4) is 0 Å². The van der Waals surface area contributed by atoms with Gasteiger partial charge in [-0.2, -0.15) is 0 Å². The predicted octanol–water partition coefficient (Wildman–Crippen LogP) is 2.74. The Hall–Kier alpha value is -2.56. The molecule has 0 aliphatic carbocycles. The maximum Gasteiger partial charge on any atom is 0.308 e. The van der Waals surface area contributed by atoms with Gasteiger partial charge in [-0.1, -0.05) is 18.2 Å². The van der Waals surface area contributed by atoms with Gasteiger partial charge in [0.1, 0.15) is 10.7 Å². The molecular formula is C17H21ClN4O5S. The van der Waals surface area contributed by atoms with Gasteiger partial charge in [0.2, 0.25) is 0 Å². The highest BCUT2D eigenvalue weighted by molar-refractivity contribution is 7.09. The number of nitrogens with two attached hydrogens (primary N) is 1. The van der Waals surface area contributed by atoms with Gasteiger partial charge in [-0.15, -0.1) is 23.7 Å². The van der Waals surface area contributed by atoms with E-state index >= 15 is 0 Å². The highest BCUT2D eigenvalue weighted by Crippen LogP contribution is 2.28. The van der Waals surface area contributed by atoms with E-state index in [2.05, 4.69) is 10.3 Å². The molecule has 0 saturated carbocycles. The lowest BCUT2D eigenvalue weighted by Crippen LogP contribution is -2.31. The summed E-state index contributed by atoms with van der Waals surface area (Å²) in [6.07, 6.45) is -0.590. The SMILES string of the molecule is CC(C)OC(=O)CC(NC(=O)c1csc(CN)n1)c1ccccc1[N+](=O)[O-].Cl. The normalized spacial score (nSPS) is 11.4. The average Bonchev–Trinajstić information content (AvgIpc) is 3.09. The third-order valence-electron chi connectivity index (χ3n) is 3.51. The van der Waals surface area contributed by atoms with Crippen molar-refractivity contribution < 1.29 is 19.2 Å². The van der Waals surface area contributed by atoms with Gasteiger partial charge in [-0.25, -0.2) is 4.98 Å². The van der Waals surface area contributed by atoms with Crippen LogP contribution in [0.5, 0.6) is 0 Å². The fraction of sp³-hybridized carbons (Fsp3) is 0.353. The van der Waals surface area contributed by atoms with Crippen molar-refractivity contribution in [2.75, 3.05) is 0 Å². The molecule has 3 N–H and O–H groups in total. The number of carbonyl (C=O) groups is 2. The van der Waals surface area contributed by atoms with Crippen LogP contribution >= 0.6 is 23.7 Å². The molecule has 0 aliphatic heterocycles. The molecular weight excluding hydrogens is 408 g/mol. The summed E-state index contributed by atoms with van der Waals surface area (Å²) in [6, 6.07) is 5.00. The number of rotatable bonds is 8. The largest absolute Gasteiger partial charge is 0.463 e. The molecule has 1 aromatic heterocycles. The number of nitro groups is 1. The molecule has 0 spiro atoms. The maximum atomic E-state index is 12.5. The molecule has 2 rings (SSSR count). The molecule has 0 radical (unpaired) electrons. The summed E-state index contributed by atoms with van der Waals surface area (Å²) in [5.74, 6) is -1.12. The first-order valence-corrected chi connectivity index (χ1v) is 9.08. The van der Waals surface area contributed by atoms with Gasteiger partial charge >= 0.3 is 5.97 Å². The second-order valence-electron chi connectivity index (χ2n) is 5.92. The monoisotopic (exact) mass is 428 g/mol. The Labute approximate surface area is 171 Å². The van der Waals surface area contributed by atoms with Gasteiger partial charge in [0, 0.05) is 18.0 Å². The zero-order valence-electron chi connectivity index (χ0n) is 15.3. The van der Waals surface area contributed by atoms with Crippen molar-refractivity contribution >= 4 is 41.3 Å². The van der Waals surface area contributed by atoms with Crippen molar-refractivity contribution in [2.24, 2.45) is 5.73 Å². The number of hydrogen-bond acceptors (Lipinski definition) is 8. The van der Waals surface area contributed by atoms with E-state index in [0.717, 1.165) is 0 Å². The fourth-order valence-corrected chi connectivity index (χ4v) is 3.06. The van der Waals surface area contributed by atoms with Crippen molar-refractivity contribution in [3.63, 3.8) is 0 Å². The van der Waals surface area contributed by atoms with Crippen LogP contribution in [0.3, 0.4) is 0 Å². The van der Waals surface area contributed by atoms with Crippen molar-refractivity contribution in [3.05, 3.63) is 56.0 Å². The molecule has 0 saturated heterocycles. The Morgan fingerprint density at radius 1 is 1.36 bits per heavy atom. The number of nitrogens with zero attached hydrogens (tertiary/aromatic N) is 2. The van der Waals surface area contributed by atoms with Crippen molar-refractivity contribution in [1.29, 1.82) is 0 Å². The molecule has 1 aromatic carbocycles. The van der Waals surface area contributed by atoms with E-state index in [1.807, 2.05) is 0 Å². The lowest BCUT2D eigenvalue weighted by molar-refractivity contribution is -0.385. The zero-order valence-corrected chi connectivity index (χ0v) is 16.9. The van der Waals surface area contributed by atoms with E-state index in [1.165, 1.54) is 29.5 Å². The van der Waals surface area contributed by atoms with Gasteiger partial charge in [-0.3, -0.25) is 19.7 Å². The number of para-hydroxylation sites is 1. The second-order valence-corrected chi connectivity index (χ2v) is 6.86. The van der Waals surface area contributed by atoms with Crippen LogP contribution in [0.15, 0.2) is 29.6 Å². The quantitative estimate of drug-likeness (QED) is 0.374. The molecule has 11 heteroatoms. The number of aromatic nitrogens is 1. The Bertz CT molecular complexity index is 842. The highest BCUT2D eigenvalue weighted by Gasteiger charge is 2.27. The standard InChI is InChI=1S/C17H20N4O5S.ClH/c1-10(2)26-16(22)7-12(11-5-3-4-6-14(11)21(24)25)20-17(23)13-9-27-15(8-18)19-13;/h3-6,9-10,12H,7-8,18H2,1-2H3,(H,20,23);1H. The number of nitrogens with one attached hydrogen (secondary N) is 1. The first-order valence-electron chi connectivity index (χ1n) is 8.20. The minimum Gasteiger partial charge on any atom is -0.463 e. The number of ether oxygens (including phenoxy) is 1. The molecule has 1 atom stereocenters. The van der Waals surface area contributed by atoms with Crippen molar-refractivity contribution in [2.45, 2.75) is 39.0 Å². The number of esters is 1. The van der Waals surface area contributed by atoms with Crippen LogP contribution in [0.25, 0.3) is 0 Å². The van der Waals surface area contributed by atoms with Crippen LogP contribution in [0, 0.1) is 10.1 Å². The lowest BCUT2D eigenvalue weighted by atomic mass is 10.0. The Kier molecular flexibility index (Phi) is 8.97. The third kappa shape index (κ3) is 6.25. The van der Waals surface area contributed by atoms with Gasteiger partial charge in [0.15, 0.2) is 0 Å². The van der Waals surface area contributed by atoms with Crippen LogP contribution < -0.4 is 11.1 Å². The minimum absolute atomic E-state index is 0. The minimum atomic E-state index is -0.937. The van der Waals surface area contributed by atoms with Crippen LogP contribution in [-0.4, -0.2) is 27.9 Å². The molecule has 2 aromatic rings. The van der Waals surface area contributed by atoms with E-state index in [1.54, 1.807) is 25.3 Å². The maximum absolute atomic E-state index is 12.5. The molecule has 0 bridgehead atoms. The van der Waals surface area contributed by atoms with Crippen molar-refractivity contribution in [1.82, 2.24) is 10.3 Å². The van der Waals surface area contributed by atoms with E-state index in [-0.39, 0.29) is 48.4 Å². The van der Waals surface area contributed by atoms with E-state index in [4.69, 9.17) is 10.5 Å².